The molecule has 1 aliphatic rings. The summed E-state index contributed by atoms with van der Waals surface area (Å²) in [6.07, 6.45) is 3.42. The summed E-state index contributed by atoms with van der Waals surface area (Å²) >= 11 is 1.60. The first-order chi connectivity index (χ1) is 8.40. The topological polar surface area (TPSA) is 49.3 Å². The van der Waals surface area contributed by atoms with Crippen LogP contribution in [-0.4, -0.2) is 23.2 Å². The summed E-state index contributed by atoms with van der Waals surface area (Å²) in [4.78, 5) is 14.1. The molecule has 18 heavy (non-hydrogen) atoms. The Hall–Kier alpha value is -0.870. The van der Waals surface area contributed by atoms with Crippen LogP contribution in [0.3, 0.4) is 0 Å². The predicted octanol–water partition coefficient (Wildman–Crippen LogP) is 2.37. The van der Waals surface area contributed by atoms with Gasteiger partial charge in [-0.2, -0.15) is 0 Å². The van der Waals surface area contributed by atoms with E-state index in [9.17, 15) is 9.90 Å². The zero-order valence-corrected chi connectivity index (χ0v) is 12.1. The van der Waals surface area contributed by atoms with Crippen molar-refractivity contribution >= 4 is 17.2 Å². The van der Waals surface area contributed by atoms with E-state index in [1.807, 2.05) is 19.9 Å². The fraction of sp³-hybridized carbons (Fsp3) is 0.643. The highest BCUT2D eigenvalue weighted by molar-refractivity contribution is 7.14. The lowest BCUT2D eigenvalue weighted by atomic mass is 9.92. The zero-order chi connectivity index (χ0) is 13.3. The molecule has 0 spiro atoms. The molecule has 0 bridgehead atoms. The molecule has 0 radical (unpaired) electrons. The van der Waals surface area contributed by atoms with E-state index < -0.39 is 5.60 Å². The molecule has 1 heterocycles. The Kier molecular flexibility index (Phi) is 3.78. The van der Waals surface area contributed by atoms with Gasteiger partial charge in [0.05, 0.1) is 10.5 Å². The molecule has 2 N–H and O–H groups in total. The van der Waals surface area contributed by atoms with Crippen molar-refractivity contribution in [2.75, 3.05) is 6.54 Å². The Labute approximate surface area is 112 Å². The predicted molar refractivity (Wildman–Crippen MR) is 74.1 cm³/mol. The van der Waals surface area contributed by atoms with Gasteiger partial charge in [0.2, 0.25) is 0 Å². The van der Waals surface area contributed by atoms with Gasteiger partial charge in [0.15, 0.2) is 0 Å². The number of fused-ring (bicyclic) bond motifs is 1. The standard InChI is InChI=1S/C14H21NO2S/c1-9(2)14(3,17)8-15-13(16)12-7-10-5-4-6-11(10)18-12/h7,9,17H,4-6,8H2,1-3H3,(H,15,16). The summed E-state index contributed by atoms with van der Waals surface area (Å²) in [6.45, 7) is 5.95. The van der Waals surface area contributed by atoms with Crippen molar-refractivity contribution in [3.8, 4) is 0 Å². The van der Waals surface area contributed by atoms with Gasteiger partial charge in [-0.05, 0) is 43.7 Å². The highest BCUT2D eigenvalue weighted by Gasteiger charge is 2.26. The minimum atomic E-state index is -0.852. The van der Waals surface area contributed by atoms with Crippen molar-refractivity contribution in [2.24, 2.45) is 5.92 Å². The van der Waals surface area contributed by atoms with E-state index in [-0.39, 0.29) is 11.8 Å². The Bertz CT molecular complexity index is 427. The largest absolute Gasteiger partial charge is 0.388 e. The summed E-state index contributed by atoms with van der Waals surface area (Å²) in [5, 5.41) is 12.9. The number of hydrogen-bond donors (Lipinski definition) is 2. The molecule has 1 aromatic rings. The van der Waals surface area contributed by atoms with Crippen LogP contribution < -0.4 is 5.32 Å². The molecular weight excluding hydrogens is 246 g/mol. The Morgan fingerprint density at radius 2 is 2.28 bits per heavy atom. The second-order valence-electron chi connectivity index (χ2n) is 5.61. The number of hydrogen-bond acceptors (Lipinski definition) is 3. The molecular formula is C14H21NO2S. The molecule has 0 aromatic carbocycles. The van der Waals surface area contributed by atoms with Crippen molar-refractivity contribution < 1.29 is 9.90 Å². The van der Waals surface area contributed by atoms with E-state index in [1.54, 1.807) is 18.3 Å². The van der Waals surface area contributed by atoms with Gasteiger partial charge in [-0.1, -0.05) is 13.8 Å². The van der Waals surface area contributed by atoms with Gasteiger partial charge in [0, 0.05) is 11.4 Å². The normalized spacial score (nSPS) is 17.6. The van der Waals surface area contributed by atoms with Gasteiger partial charge < -0.3 is 10.4 Å². The minimum absolute atomic E-state index is 0.0599. The Morgan fingerprint density at radius 1 is 1.56 bits per heavy atom. The number of carbonyl (C=O) groups excluding carboxylic acids is 1. The molecule has 0 saturated heterocycles. The number of carbonyl (C=O) groups is 1. The maximum absolute atomic E-state index is 12.0. The monoisotopic (exact) mass is 267 g/mol. The molecule has 1 unspecified atom stereocenters. The van der Waals surface area contributed by atoms with Crippen molar-refractivity contribution in [2.45, 2.75) is 45.6 Å². The highest BCUT2D eigenvalue weighted by atomic mass is 32.1. The minimum Gasteiger partial charge on any atom is -0.388 e. The van der Waals surface area contributed by atoms with Crippen LogP contribution in [0.15, 0.2) is 6.07 Å². The Morgan fingerprint density at radius 3 is 2.89 bits per heavy atom. The smallest absolute Gasteiger partial charge is 0.261 e. The number of rotatable bonds is 4. The second kappa shape index (κ2) is 5.02. The van der Waals surface area contributed by atoms with Crippen LogP contribution in [0.25, 0.3) is 0 Å². The zero-order valence-electron chi connectivity index (χ0n) is 11.2. The molecule has 0 saturated carbocycles. The van der Waals surface area contributed by atoms with Crippen LogP contribution >= 0.6 is 11.3 Å². The van der Waals surface area contributed by atoms with Crippen LogP contribution in [0.5, 0.6) is 0 Å². The number of thiophene rings is 1. The van der Waals surface area contributed by atoms with Gasteiger partial charge in [0.1, 0.15) is 0 Å². The van der Waals surface area contributed by atoms with Gasteiger partial charge in [-0.3, -0.25) is 4.79 Å². The van der Waals surface area contributed by atoms with E-state index in [1.165, 1.54) is 16.9 Å². The highest BCUT2D eigenvalue weighted by Crippen LogP contribution is 2.30. The lowest BCUT2D eigenvalue weighted by Crippen LogP contribution is -2.44. The first-order valence-corrected chi connectivity index (χ1v) is 7.34. The average Bonchev–Trinajstić information content (AvgIpc) is 2.85. The Balaban J connectivity index is 1.96. The van der Waals surface area contributed by atoms with Crippen LogP contribution in [-0.2, 0) is 12.8 Å². The molecule has 1 aliphatic carbocycles. The number of aliphatic hydroxyl groups is 1. The van der Waals surface area contributed by atoms with Gasteiger partial charge in [-0.15, -0.1) is 11.3 Å². The number of nitrogens with one attached hydrogen (secondary N) is 1. The van der Waals surface area contributed by atoms with Crippen molar-refractivity contribution in [3.63, 3.8) is 0 Å². The summed E-state index contributed by atoms with van der Waals surface area (Å²) in [5.74, 6) is 0.0569. The van der Waals surface area contributed by atoms with Crippen molar-refractivity contribution in [3.05, 3.63) is 21.4 Å². The summed E-state index contributed by atoms with van der Waals surface area (Å²) in [6, 6.07) is 2.01. The van der Waals surface area contributed by atoms with Crippen LogP contribution in [0.1, 0.15) is 47.3 Å². The van der Waals surface area contributed by atoms with E-state index >= 15 is 0 Å². The molecule has 1 amide bonds. The van der Waals surface area contributed by atoms with Gasteiger partial charge >= 0.3 is 0 Å². The molecule has 0 aliphatic heterocycles. The second-order valence-corrected chi connectivity index (χ2v) is 6.74. The van der Waals surface area contributed by atoms with E-state index in [0.717, 1.165) is 17.7 Å². The van der Waals surface area contributed by atoms with E-state index in [4.69, 9.17) is 0 Å². The molecule has 100 valence electrons. The summed E-state index contributed by atoms with van der Waals surface area (Å²) in [5.41, 5.74) is 0.483. The molecule has 4 heteroatoms. The molecule has 0 fully saturated rings. The fourth-order valence-corrected chi connectivity index (χ4v) is 3.16. The first-order valence-electron chi connectivity index (χ1n) is 6.52. The molecule has 2 rings (SSSR count). The lowest BCUT2D eigenvalue weighted by Gasteiger charge is -2.27. The SMILES string of the molecule is CC(C)C(C)(O)CNC(=O)c1cc2c(s1)CCC2. The molecule has 3 nitrogen and oxygen atoms in total. The van der Waals surface area contributed by atoms with Crippen LogP contribution in [0.4, 0.5) is 0 Å². The van der Waals surface area contributed by atoms with E-state index in [0.29, 0.717) is 6.54 Å². The van der Waals surface area contributed by atoms with Crippen LogP contribution in [0.2, 0.25) is 0 Å². The average molecular weight is 267 g/mol. The van der Waals surface area contributed by atoms with Gasteiger partial charge in [0.25, 0.3) is 5.91 Å². The van der Waals surface area contributed by atoms with Crippen LogP contribution in [0, 0.1) is 5.92 Å². The van der Waals surface area contributed by atoms with Gasteiger partial charge in [-0.25, -0.2) is 0 Å². The van der Waals surface area contributed by atoms with E-state index in [2.05, 4.69) is 5.32 Å². The third-order valence-corrected chi connectivity index (χ3v) is 5.06. The lowest BCUT2D eigenvalue weighted by molar-refractivity contribution is 0.0143. The summed E-state index contributed by atoms with van der Waals surface area (Å²) in [7, 11) is 0. The molecule has 1 atom stereocenters. The maximum Gasteiger partial charge on any atom is 0.261 e. The quantitative estimate of drug-likeness (QED) is 0.880. The van der Waals surface area contributed by atoms with Crippen molar-refractivity contribution in [1.82, 2.24) is 5.32 Å². The maximum atomic E-state index is 12.0. The number of amides is 1. The first kappa shape index (κ1) is 13.6. The third kappa shape index (κ3) is 2.75. The third-order valence-electron chi connectivity index (χ3n) is 3.82. The summed E-state index contributed by atoms with van der Waals surface area (Å²) < 4.78 is 0. The van der Waals surface area contributed by atoms with Crippen molar-refractivity contribution in [1.29, 1.82) is 0 Å². The molecule has 1 aromatic heterocycles. The number of aryl methyl sites for hydroxylation is 2. The fourth-order valence-electron chi connectivity index (χ4n) is 1.99.